The molecular weight excluding hydrogens is 314 g/mol. The molecule has 0 aliphatic carbocycles. The summed E-state index contributed by atoms with van der Waals surface area (Å²) >= 11 is 6.07. The van der Waals surface area contributed by atoms with E-state index in [9.17, 15) is 4.79 Å². The zero-order valence-electron chi connectivity index (χ0n) is 12.9. The van der Waals surface area contributed by atoms with Gasteiger partial charge in [-0.25, -0.2) is 9.97 Å². The van der Waals surface area contributed by atoms with Crippen LogP contribution in [-0.4, -0.2) is 29.0 Å². The molecular formula is C17H18ClN3O2. The fraction of sp³-hybridized carbons (Fsp3) is 0.353. The maximum absolute atomic E-state index is 12.4. The van der Waals surface area contributed by atoms with E-state index in [0.717, 1.165) is 18.4 Å². The number of ether oxygens (including phenoxy) is 1. The number of carbonyl (C=O) groups is 1. The minimum Gasteiger partial charge on any atom is -0.368 e. The van der Waals surface area contributed by atoms with Gasteiger partial charge >= 0.3 is 0 Å². The van der Waals surface area contributed by atoms with Crippen LogP contribution in [0.3, 0.4) is 0 Å². The van der Waals surface area contributed by atoms with Crippen LogP contribution in [0, 0.1) is 6.92 Å². The van der Waals surface area contributed by atoms with Crippen molar-refractivity contribution in [1.29, 1.82) is 0 Å². The van der Waals surface area contributed by atoms with Gasteiger partial charge in [0.25, 0.3) is 5.91 Å². The predicted molar refractivity (Wildman–Crippen MR) is 87.4 cm³/mol. The minimum atomic E-state index is -0.565. The van der Waals surface area contributed by atoms with Gasteiger partial charge in [0.2, 0.25) is 0 Å². The van der Waals surface area contributed by atoms with Gasteiger partial charge in [-0.15, -0.1) is 0 Å². The van der Waals surface area contributed by atoms with Crippen LogP contribution >= 0.6 is 11.6 Å². The number of nitrogens with zero attached hydrogens (tertiary/aromatic N) is 2. The summed E-state index contributed by atoms with van der Waals surface area (Å²) in [6.07, 6.45) is 5.31. The lowest BCUT2D eigenvalue weighted by atomic mass is 9.93. The minimum absolute atomic E-state index is 0.210. The summed E-state index contributed by atoms with van der Waals surface area (Å²) in [5, 5.41) is 3.37. The number of hydrogen-bond donors (Lipinski definition) is 1. The topological polar surface area (TPSA) is 64.1 Å². The van der Waals surface area contributed by atoms with E-state index in [1.54, 1.807) is 36.7 Å². The summed E-state index contributed by atoms with van der Waals surface area (Å²) in [7, 11) is 0. The highest BCUT2D eigenvalue weighted by atomic mass is 35.5. The lowest BCUT2D eigenvalue weighted by Crippen LogP contribution is -2.40. The first kappa shape index (κ1) is 15.9. The van der Waals surface area contributed by atoms with Crippen molar-refractivity contribution in [2.75, 3.05) is 13.2 Å². The molecule has 1 aliphatic rings. The van der Waals surface area contributed by atoms with Gasteiger partial charge in [0.15, 0.2) is 0 Å². The molecule has 1 unspecified atom stereocenters. The fourth-order valence-corrected chi connectivity index (χ4v) is 2.98. The van der Waals surface area contributed by atoms with E-state index >= 15 is 0 Å². The van der Waals surface area contributed by atoms with Crippen molar-refractivity contribution in [3.63, 3.8) is 0 Å². The van der Waals surface area contributed by atoms with Gasteiger partial charge in [-0.1, -0.05) is 23.7 Å². The molecule has 1 aliphatic heterocycles. The summed E-state index contributed by atoms with van der Waals surface area (Å²) in [5.74, 6) is 0.500. The number of aryl methyl sites for hydroxylation is 1. The zero-order valence-corrected chi connectivity index (χ0v) is 13.6. The monoisotopic (exact) mass is 331 g/mol. The molecule has 0 spiro atoms. The van der Waals surface area contributed by atoms with E-state index in [1.807, 2.05) is 6.92 Å². The summed E-state index contributed by atoms with van der Waals surface area (Å²) in [6, 6.07) is 6.99. The molecule has 5 nitrogen and oxygen atoms in total. The first-order chi connectivity index (χ1) is 11.1. The Morgan fingerprint density at radius 1 is 1.35 bits per heavy atom. The second-order valence-corrected chi connectivity index (χ2v) is 6.03. The Balaban J connectivity index is 1.77. The highest BCUT2D eigenvalue weighted by molar-refractivity contribution is 6.33. The Morgan fingerprint density at radius 3 is 2.74 bits per heavy atom. The SMILES string of the molecule is Cc1ncc(C2(CNC(=O)c3ccccc3Cl)CCCO2)cn1. The van der Waals surface area contributed by atoms with Crippen molar-refractivity contribution in [2.24, 2.45) is 0 Å². The maximum Gasteiger partial charge on any atom is 0.252 e. The van der Waals surface area contributed by atoms with Gasteiger partial charge < -0.3 is 10.1 Å². The number of aromatic nitrogens is 2. The second-order valence-electron chi connectivity index (χ2n) is 5.63. The molecule has 1 aromatic carbocycles. The molecule has 6 heteroatoms. The van der Waals surface area contributed by atoms with Gasteiger partial charge in [0.1, 0.15) is 11.4 Å². The average Bonchev–Trinajstić information content (AvgIpc) is 3.04. The molecule has 1 saturated heterocycles. The van der Waals surface area contributed by atoms with E-state index in [0.29, 0.717) is 29.6 Å². The van der Waals surface area contributed by atoms with Crippen LogP contribution < -0.4 is 5.32 Å². The van der Waals surface area contributed by atoms with Crippen LogP contribution in [0.1, 0.15) is 34.6 Å². The van der Waals surface area contributed by atoms with E-state index < -0.39 is 5.60 Å². The van der Waals surface area contributed by atoms with Gasteiger partial charge in [-0.2, -0.15) is 0 Å². The van der Waals surface area contributed by atoms with Crippen molar-refractivity contribution < 1.29 is 9.53 Å². The molecule has 1 aromatic heterocycles. The van der Waals surface area contributed by atoms with Gasteiger partial charge in [-0.05, 0) is 31.9 Å². The van der Waals surface area contributed by atoms with Crippen molar-refractivity contribution in [3.05, 3.63) is 58.6 Å². The second kappa shape index (κ2) is 6.64. The number of halogens is 1. The molecule has 3 rings (SSSR count). The number of hydrogen-bond acceptors (Lipinski definition) is 4. The molecule has 23 heavy (non-hydrogen) atoms. The predicted octanol–water partition coefficient (Wildman–Crippen LogP) is 2.87. The van der Waals surface area contributed by atoms with Crippen molar-refractivity contribution in [3.8, 4) is 0 Å². The van der Waals surface area contributed by atoms with Crippen LogP contribution in [-0.2, 0) is 10.3 Å². The first-order valence-electron chi connectivity index (χ1n) is 7.56. The molecule has 2 heterocycles. The number of benzene rings is 1. The van der Waals surface area contributed by atoms with E-state index in [4.69, 9.17) is 16.3 Å². The third-order valence-corrected chi connectivity index (χ3v) is 4.39. The number of amides is 1. The Labute approximate surface area is 140 Å². The Kier molecular flexibility index (Phi) is 4.59. The van der Waals surface area contributed by atoms with Crippen LogP contribution in [0.2, 0.25) is 5.02 Å². The fourth-order valence-electron chi connectivity index (χ4n) is 2.76. The van der Waals surface area contributed by atoms with Crippen LogP contribution in [0.15, 0.2) is 36.7 Å². The quantitative estimate of drug-likeness (QED) is 0.935. The summed E-state index contributed by atoms with van der Waals surface area (Å²) in [4.78, 5) is 20.9. The first-order valence-corrected chi connectivity index (χ1v) is 7.94. The normalized spacial score (nSPS) is 20.4. The Hall–Kier alpha value is -1.98. The standard InChI is InChI=1S/C17H18ClN3O2/c1-12-19-9-13(10-20-12)17(7-4-8-23-17)11-21-16(22)14-5-2-3-6-15(14)18/h2-3,5-6,9-10H,4,7-8,11H2,1H3,(H,21,22). The van der Waals surface area contributed by atoms with E-state index in [1.165, 1.54) is 0 Å². The zero-order chi connectivity index (χ0) is 16.3. The third kappa shape index (κ3) is 3.35. The van der Waals surface area contributed by atoms with E-state index in [2.05, 4.69) is 15.3 Å². The van der Waals surface area contributed by atoms with E-state index in [-0.39, 0.29) is 5.91 Å². The highest BCUT2D eigenvalue weighted by Crippen LogP contribution is 2.35. The van der Waals surface area contributed by atoms with Crippen molar-refractivity contribution >= 4 is 17.5 Å². The summed E-state index contributed by atoms with van der Waals surface area (Å²) in [6.45, 7) is 2.87. The van der Waals surface area contributed by atoms with Crippen molar-refractivity contribution in [1.82, 2.24) is 15.3 Å². The Morgan fingerprint density at radius 2 is 2.09 bits per heavy atom. The number of carbonyl (C=O) groups excluding carboxylic acids is 1. The smallest absolute Gasteiger partial charge is 0.252 e. The molecule has 0 saturated carbocycles. The Bertz CT molecular complexity index is 697. The average molecular weight is 332 g/mol. The molecule has 1 N–H and O–H groups in total. The molecule has 120 valence electrons. The lowest BCUT2D eigenvalue weighted by molar-refractivity contribution is 0.000788. The summed E-state index contributed by atoms with van der Waals surface area (Å²) < 4.78 is 5.96. The molecule has 0 radical (unpaired) electrons. The van der Waals surface area contributed by atoms with Crippen molar-refractivity contribution in [2.45, 2.75) is 25.4 Å². The number of rotatable bonds is 4. The van der Waals surface area contributed by atoms with Gasteiger partial charge in [0.05, 0.1) is 17.1 Å². The highest BCUT2D eigenvalue weighted by Gasteiger charge is 2.38. The third-order valence-electron chi connectivity index (χ3n) is 4.06. The number of nitrogens with one attached hydrogen (secondary N) is 1. The van der Waals surface area contributed by atoms with Gasteiger partial charge in [-0.3, -0.25) is 4.79 Å². The van der Waals surface area contributed by atoms with Crippen LogP contribution in [0.5, 0.6) is 0 Å². The van der Waals surface area contributed by atoms with Gasteiger partial charge in [0, 0.05) is 24.6 Å². The van der Waals surface area contributed by atoms with Crippen LogP contribution in [0.25, 0.3) is 0 Å². The molecule has 2 aromatic rings. The molecule has 1 amide bonds. The summed E-state index contributed by atoms with van der Waals surface area (Å²) in [5.41, 5.74) is 0.785. The van der Waals surface area contributed by atoms with Crippen LogP contribution in [0.4, 0.5) is 0 Å². The lowest BCUT2D eigenvalue weighted by Gasteiger charge is -2.28. The largest absolute Gasteiger partial charge is 0.368 e. The molecule has 1 atom stereocenters. The maximum atomic E-state index is 12.4. The molecule has 0 bridgehead atoms. The molecule has 1 fully saturated rings.